The highest BCUT2D eigenvalue weighted by molar-refractivity contribution is 6.46. The third kappa shape index (κ3) is 4.03. The number of aliphatic hydroxyl groups is 1. The second-order valence-corrected chi connectivity index (χ2v) is 8.30. The summed E-state index contributed by atoms with van der Waals surface area (Å²) in [6, 6.07) is 19.5. The first kappa shape index (κ1) is 23.1. The molecule has 1 saturated heterocycles. The van der Waals surface area contributed by atoms with Crippen molar-refractivity contribution in [1.29, 1.82) is 0 Å². The van der Waals surface area contributed by atoms with E-state index >= 15 is 0 Å². The van der Waals surface area contributed by atoms with Crippen molar-refractivity contribution >= 4 is 17.4 Å². The summed E-state index contributed by atoms with van der Waals surface area (Å²) in [6.07, 6.45) is 0. The van der Waals surface area contributed by atoms with Crippen molar-refractivity contribution in [1.82, 2.24) is 4.90 Å². The van der Waals surface area contributed by atoms with Gasteiger partial charge >= 0.3 is 0 Å². The number of likely N-dealkylation sites (tertiary alicyclic amines) is 1. The Bertz CT molecular complexity index is 1290. The Morgan fingerprint density at radius 3 is 2.29 bits per heavy atom. The highest BCUT2D eigenvalue weighted by atomic mass is 16.5. The molecule has 0 aliphatic carbocycles. The van der Waals surface area contributed by atoms with E-state index in [1.165, 1.54) is 12.0 Å². The molecule has 174 valence electrons. The van der Waals surface area contributed by atoms with Crippen LogP contribution in [0.15, 0.2) is 72.3 Å². The molecule has 1 fully saturated rings. The Balaban J connectivity index is 1.94. The van der Waals surface area contributed by atoms with Crippen LogP contribution in [-0.2, 0) is 16.1 Å². The van der Waals surface area contributed by atoms with Gasteiger partial charge in [0.15, 0.2) is 0 Å². The van der Waals surface area contributed by atoms with Gasteiger partial charge < -0.3 is 19.5 Å². The number of benzene rings is 3. The van der Waals surface area contributed by atoms with Crippen LogP contribution < -0.4 is 9.47 Å². The SMILES string of the molecule is COc1ccccc1CN1C(=O)C(=O)/C(=C(/O)c2cc(C)ccc2OC)C1c1ccccc1C. The minimum atomic E-state index is -0.767. The van der Waals surface area contributed by atoms with Crippen LogP contribution in [0.1, 0.15) is 33.9 Å². The summed E-state index contributed by atoms with van der Waals surface area (Å²) >= 11 is 0. The lowest BCUT2D eigenvalue weighted by Crippen LogP contribution is -2.29. The summed E-state index contributed by atoms with van der Waals surface area (Å²) < 4.78 is 10.9. The molecular weight excluding hydrogens is 430 g/mol. The maximum atomic E-state index is 13.4. The maximum Gasteiger partial charge on any atom is 0.295 e. The van der Waals surface area contributed by atoms with Crippen LogP contribution in [-0.4, -0.2) is 35.9 Å². The van der Waals surface area contributed by atoms with Crippen molar-refractivity contribution in [3.8, 4) is 11.5 Å². The van der Waals surface area contributed by atoms with Crippen LogP contribution in [0, 0.1) is 13.8 Å². The Kier molecular flexibility index (Phi) is 6.41. The molecule has 4 rings (SSSR count). The lowest BCUT2D eigenvalue weighted by atomic mass is 9.92. The van der Waals surface area contributed by atoms with Crippen molar-refractivity contribution in [3.63, 3.8) is 0 Å². The molecule has 1 heterocycles. The number of para-hydroxylation sites is 1. The molecule has 1 atom stereocenters. The van der Waals surface area contributed by atoms with Crippen LogP contribution >= 0.6 is 0 Å². The third-order valence-corrected chi connectivity index (χ3v) is 6.17. The molecule has 0 radical (unpaired) electrons. The van der Waals surface area contributed by atoms with Crippen molar-refractivity contribution in [2.24, 2.45) is 0 Å². The predicted molar refractivity (Wildman–Crippen MR) is 130 cm³/mol. The number of amides is 1. The highest BCUT2D eigenvalue weighted by Crippen LogP contribution is 2.43. The fourth-order valence-electron chi connectivity index (χ4n) is 4.43. The van der Waals surface area contributed by atoms with Gasteiger partial charge in [0.05, 0.1) is 37.9 Å². The number of ketones is 1. The number of carbonyl (C=O) groups is 2. The largest absolute Gasteiger partial charge is 0.507 e. The number of aryl methyl sites for hydroxylation is 2. The minimum absolute atomic E-state index is 0.0399. The van der Waals surface area contributed by atoms with Crippen LogP contribution in [0.2, 0.25) is 0 Å². The van der Waals surface area contributed by atoms with E-state index in [0.717, 1.165) is 22.3 Å². The second kappa shape index (κ2) is 9.43. The second-order valence-electron chi connectivity index (χ2n) is 8.30. The number of rotatable bonds is 6. The Hall–Kier alpha value is -4.06. The molecule has 1 aliphatic heterocycles. The fourth-order valence-corrected chi connectivity index (χ4v) is 4.43. The van der Waals surface area contributed by atoms with E-state index in [1.54, 1.807) is 19.2 Å². The summed E-state index contributed by atoms with van der Waals surface area (Å²) in [5.41, 5.74) is 3.73. The molecule has 0 spiro atoms. The van der Waals surface area contributed by atoms with E-state index in [9.17, 15) is 14.7 Å². The zero-order valence-corrected chi connectivity index (χ0v) is 19.7. The normalized spacial score (nSPS) is 17.2. The molecule has 0 aromatic heterocycles. The summed E-state index contributed by atoms with van der Waals surface area (Å²) in [5, 5.41) is 11.4. The zero-order valence-electron chi connectivity index (χ0n) is 19.7. The maximum absolute atomic E-state index is 13.4. The lowest BCUT2D eigenvalue weighted by Gasteiger charge is -2.27. The van der Waals surface area contributed by atoms with E-state index in [4.69, 9.17) is 9.47 Å². The molecule has 1 aliphatic rings. The molecule has 6 heteroatoms. The highest BCUT2D eigenvalue weighted by Gasteiger charge is 2.47. The van der Waals surface area contributed by atoms with Gasteiger partial charge in [-0.3, -0.25) is 9.59 Å². The number of ether oxygens (including phenoxy) is 2. The molecule has 3 aromatic rings. The molecule has 34 heavy (non-hydrogen) atoms. The van der Waals surface area contributed by atoms with Gasteiger partial charge in [0.25, 0.3) is 11.7 Å². The molecule has 6 nitrogen and oxygen atoms in total. The van der Waals surface area contributed by atoms with Gasteiger partial charge in [-0.2, -0.15) is 0 Å². The first-order valence-corrected chi connectivity index (χ1v) is 11.0. The van der Waals surface area contributed by atoms with Crippen LogP contribution in [0.3, 0.4) is 0 Å². The molecular formula is C28H27NO5. The van der Waals surface area contributed by atoms with E-state index in [1.807, 2.05) is 68.4 Å². The van der Waals surface area contributed by atoms with Crippen molar-refractivity contribution < 1.29 is 24.2 Å². The van der Waals surface area contributed by atoms with E-state index in [0.29, 0.717) is 17.1 Å². The standard InChI is InChI=1S/C28H27NO5/c1-17-13-14-23(34-4)21(15-17)26(30)24-25(20-11-7-5-9-18(20)2)29(28(32)27(24)31)16-19-10-6-8-12-22(19)33-3/h5-15,25,30H,16H2,1-4H3/b26-24+. The Morgan fingerprint density at radius 2 is 1.59 bits per heavy atom. The van der Waals surface area contributed by atoms with Gasteiger partial charge in [0.2, 0.25) is 0 Å². The number of carbonyl (C=O) groups excluding carboxylic acids is 2. The Labute approximate surface area is 199 Å². The number of hydrogen-bond acceptors (Lipinski definition) is 5. The molecule has 1 unspecified atom stereocenters. The van der Waals surface area contributed by atoms with Gasteiger partial charge in [-0.05, 0) is 43.2 Å². The van der Waals surface area contributed by atoms with Gasteiger partial charge in [-0.1, -0.05) is 54.1 Å². The van der Waals surface area contributed by atoms with E-state index < -0.39 is 17.7 Å². The number of Topliss-reactive ketones (excluding diaryl/α,β-unsaturated/α-hetero) is 1. The van der Waals surface area contributed by atoms with Crippen molar-refractivity contribution in [2.75, 3.05) is 14.2 Å². The smallest absolute Gasteiger partial charge is 0.295 e. The number of methoxy groups -OCH3 is 2. The zero-order chi connectivity index (χ0) is 24.4. The van der Waals surface area contributed by atoms with Gasteiger partial charge in [0, 0.05) is 5.56 Å². The fraction of sp³-hybridized carbons (Fsp3) is 0.214. The van der Waals surface area contributed by atoms with Gasteiger partial charge in [0.1, 0.15) is 17.3 Å². The summed E-state index contributed by atoms with van der Waals surface area (Å²) in [4.78, 5) is 28.2. The third-order valence-electron chi connectivity index (χ3n) is 6.17. The molecule has 1 amide bonds. The first-order chi connectivity index (χ1) is 16.4. The monoisotopic (exact) mass is 457 g/mol. The Morgan fingerprint density at radius 1 is 0.912 bits per heavy atom. The van der Waals surface area contributed by atoms with E-state index in [-0.39, 0.29) is 17.9 Å². The van der Waals surface area contributed by atoms with E-state index in [2.05, 4.69) is 0 Å². The summed E-state index contributed by atoms with van der Waals surface area (Å²) in [7, 11) is 3.07. The van der Waals surface area contributed by atoms with Crippen molar-refractivity contribution in [3.05, 3.63) is 100 Å². The van der Waals surface area contributed by atoms with Crippen LogP contribution in [0.4, 0.5) is 0 Å². The minimum Gasteiger partial charge on any atom is -0.507 e. The molecule has 1 N–H and O–H groups in total. The first-order valence-electron chi connectivity index (χ1n) is 11.0. The average molecular weight is 458 g/mol. The topological polar surface area (TPSA) is 76.1 Å². The quantitative estimate of drug-likeness (QED) is 0.322. The number of aliphatic hydroxyl groups excluding tert-OH is 1. The van der Waals surface area contributed by atoms with Crippen LogP contribution in [0.25, 0.3) is 5.76 Å². The number of hydrogen-bond donors (Lipinski definition) is 1. The van der Waals surface area contributed by atoms with Crippen molar-refractivity contribution in [2.45, 2.75) is 26.4 Å². The summed E-state index contributed by atoms with van der Waals surface area (Å²) in [5.74, 6) is -0.623. The average Bonchev–Trinajstić information content (AvgIpc) is 3.09. The lowest BCUT2D eigenvalue weighted by molar-refractivity contribution is -0.140. The summed E-state index contributed by atoms with van der Waals surface area (Å²) in [6.45, 7) is 3.95. The molecule has 3 aromatic carbocycles. The van der Waals surface area contributed by atoms with Crippen LogP contribution in [0.5, 0.6) is 11.5 Å². The predicted octanol–water partition coefficient (Wildman–Crippen LogP) is 4.94. The van der Waals surface area contributed by atoms with Gasteiger partial charge in [-0.25, -0.2) is 0 Å². The molecule has 0 saturated carbocycles. The molecule has 0 bridgehead atoms. The van der Waals surface area contributed by atoms with Gasteiger partial charge in [-0.15, -0.1) is 0 Å². The number of nitrogens with zero attached hydrogens (tertiary/aromatic N) is 1.